The number of aryl methyl sites for hydroxylation is 1. The summed E-state index contributed by atoms with van der Waals surface area (Å²) in [7, 11) is 1.46. The Bertz CT molecular complexity index is 968. The van der Waals surface area contributed by atoms with Gasteiger partial charge in [0.2, 0.25) is 5.91 Å². The fraction of sp³-hybridized carbons (Fsp3) is 0.381. The molecule has 1 amide bonds. The van der Waals surface area contributed by atoms with Crippen molar-refractivity contribution < 1.29 is 18.7 Å². The van der Waals surface area contributed by atoms with Gasteiger partial charge in [-0.2, -0.15) is 8.78 Å². The van der Waals surface area contributed by atoms with E-state index >= 15 is 0 Å². The Morgan fingerprint density at radius 3 is 2.73 bits per heavy atom. The number of phenolic OH excluding ortho intramolecular Hbond substituents is 1. The molecule has 1 fully saturated rings. The van der Waals surface area contributed by atoms with Crippen molar-refractivity contribution >= 4 is 27.2 Å². The number of phenols is 1. The zero-order valence-electron chi connectivity index (χ0n) is 16.9. The molecular formula is C21H25F2N4O2P. The first-order chi connectivity index (χ1) is 14.1. The van der Waals surface area contributed by atoms with E-state index in [9.17, 15) is 18.7 Å². The summed E-state index contributed by atoms with van der Waals surface area (Å²) in [5.74, 6) is 0.277. The summed E-state index contributed by atoms with van der Waals surface area (Å²) in [5, 5.41) is 10.3. The number of nitrogen functional groups attached to an aromatic ring is 1. The zero-order valence-corrected chi connectivity index (χ0v) is 18.1. The first-order valence-electron chi connectivity index (χ1n) is 9.65. The minimum Gasteiger partial charge on any atom is -0.507 e. The summed E-state index contributed by atoms with van der Waals surface area (Å²) in [6, 6.07) is 5.73. The number of carbonyl (C=O) groups excluding carboxylic acids is 1. The smallest absolute Gasteiger partial charge is 0.284 e. The number of aliphatic imine (C=N–C) groups is 1. The lowest BCUT2D eigenvalue weighted by atomic mass is 10.00. The summed E-state index contributed by atoms with van der Waals surface area (Å²) < 4.78 is 27.1. The molecule has 2 atom stereocenters. The van der Waals surface area contributed by atoms with Crippen LogP contribution in [0.2, 0.25) is 0 Å². The maximum Gasteiger partial charge on any atom is 0.284 e. The molecule has 1 aromatic carbocycles. The third-order valence-corrected chi connectivity index (χ3v) is 5.52. The van der Waals surface area contributed by atoms with Crippen LogP contribution in [0.5, 0.6) is 5.75 Å². The maximum atomic E-state index is 13.5. The van der Waals surface area contributed by atoms with E-state index in [2.05, 4.69) is 9.98 Å². The van der Waals surface area contributed by atoms with Crippen LogP contribution in [0.25, 0.3) is 11.3 Å². The summed E-state index contributed by atoms with van der Waals surface area (Å²) >= 11 is 0. The molecule has 0 radical (unpaired) electrons. The first-order valence-corrected chi connectivity index (χ1v) is 10.2. The van der Waals surface area contributed by atoms with Crippen LogP contribution in [0.3, 0.4) is 0 Å². The number of likely N-dealkylation sites (tertiary alicyclic amines) is 1. The van der Waals surface area contributed by atoms with Crippen molar-refractivity contribution in [1.82, 2.24) is 9.88 Å². The normalized spacial score (nSPS) is 17.3. The van der Waals surface area contributed by atoms with Crippen LogP contribution in [-0.4, -0.2) is 46.7 Å². The van der Waals surface area contributed by atoms with E-state index in [1.165, 1.54) is 15.3 Å². The highest BCUT2D eigenvalue weighted by Gasteiger charge is 2.28. The van der Waals surface area contributed by atoms with Gasteiger partial charge in [0.1, 0.15) is 11.6 Å². The van der Waals surface area contributed by atoms with Gasteiger partial charge in [0.05, 0.1) is 5.69 Å². The maximum absolute atomic E-state index is 13.5. The predicted octanol–water partition coefficient (Wildman–Crippen LogP) is 3.56. The second-order valence-corrected chi connectivity index (χ2v) is 8.20. The number of aromatic hydroxyl groups is 1. The standard InChI is InChI=1S/C21H25F2N4O2P/c1-3-27-11-13(7-18(27)29)9-25-10-14-4-5-16(26-20(14)24)19-12(2)6-15(8-17(19)28)21(22,23)30/h4-6,8,10,13,28H,3,7,9,11,30H2,1-2H3,(H2,24,26). The van der Waals surface area contributed by atoms with Gasteiger partial charge in [-0.1, -0.05) is 9.24 Å². The molecule has 0 spiro atoms. The van der Waals surface area contributed by atoms with Gasteiger partial charge in [-0.05, 0) is 43.7 Å². The van der Waals surface area contributed by atoms with Gasteiger partial charge < -0.3 is 15.7 Å². The quantitative estimate of drug-likeness (QED) is 0.537. The minimum absolute atomic E-state index is 0.156. The number of hydrogen-bond acceptors (Lipinski definition) is 5. The number of aromatic nitrogens is 1. The van der Waals surface area contributed by atoms with Gasteiger partial charge in [0.25, 0.3) is 5.66 Å². The SMILES string of the molecule is CCN1CC(CN=Cc2ccc(-c3c(C)cc(C(F)(F)P)cc3O)nc2N)CC1=O. The molecule has 3 N–H and O–H groups in total. The van der Waals surface area contributed by atoms with Crippen LogP contribution >= 0.6 is 9.24 Å². The van der Waals surface area contributed by atoms with E-state index in [-0.39, 0.29) is 29.0 Å². The van der Waals surface area contributed by atoms with Crippen LogP contribution in [0, 0.1) is 12.8 Å². The van der Waals surface area contributed by atoms with Crippen LogP contribution in [0.4, 0.5) is 14.6 Å². The van der Waals surface area contributed by atoms with E-state index in [1.807, 2.05) is 11.8 Å². The van der Waals surface area contributed by atoms with Gasteiger partial charge in [0, 0.05) is 54.9 Å². The lowest BCUT2D eigenvalue weighted by molar-refractivity contribution is -0.127. The molecule has 0 bridgehead atoms. The fourth-order valence-corrected chi connectivity index (χ4v) is 3.78. The third kappa shape index (κ3) is 4.75. The van der Waals surface area contributed by atoms with Crippen LogP contribution in [-0.2, 0) is 10.5 Å². The topological polar surface area (TPSA) is 91.8 Å². The van der Waals surface area contributed by atoms with E-state index in [0.29, 0.717) is 48.4 Å². The minimum atomic E-state index is -3.13. The number of anilines is 1. The second kappa shape index (κ2) is 8.64. The molecule has 6 nitrogen and oxygen atoms in total. The number of nitrogens with zero attached hydrogens (tertiary/aromatic N) is 3. The second-order valence-electron chi connectivity index (χ2n) is 7.48. The highest BCUT2D eigenvalue weighted by Crippen LogP contribution is 2.41. The largest absolute Gasteiger partial charge is 0.507 e. The lowest BCUT2D eigenvalue weighted by Gasteiger charge is -2.15. The first kappa shape index (κ1) is 22.1. The van der Waals surface area contributed by atoms with Gasteiger partial charge in [-0.15, -0.1) is 0 Å². The molecule has 0 aliphatic carbocycles. The Labute approximate surface area is 176 Å². The average Bonchev–Trinajstić information content (AvgIpc) is 3.01. The van der Waals surface area contributed by atoms with Gasteiger partial charge in [-0.3, -0.25) is 9.79 Å². The summed E-state index contributed by atoms with van der Waals surface area (Å²) in [5.41, 5.74) is 4.44. The molecule has 160 valence electrons. The van der Waals surface area contributed by atoms with Crippen molar-refractivity contribution in [2.24, 2.45) is 10.9 Å². The van der Waals surface area contributed by atoms with E-state index in [0.717, 1.165) is 6.07 Å². The monoisotopic (exact) mass is 434 g/mol. The molecule has 2 heterocycles. The Kier molecular flexibility index (Phi) is 6.36. The molecule has 1 aliphatic rings. The molecule has 1 saturated heterocycles. The molecular weight excluding hydrogens is 409 g/mol. The number of alkyl halides is 2. The van der Waals surface area contributed by atoms with E-state index < -0.39 is 5.66 Å². The van der Waals surface area contributed by atoms with Crippen molar-refractivity contribution in [3.05, 3.63) is 41.0 Å². The van der Waals surface area contributed by atoms with Crippen molar-refractivity contribution in [3.8, 4) is 17.0 Å². The Morgan fingerprint density at radius 1 is 1.43 bits per heavy atom. The molecule has 1 aliphatic heterocycles. The number of carbonyl (C=O) groups is 1. The van der Waals surface area contributed by atoms with Gasteiger partial charge in [-0.25, -0.2) is 4.98 Å². The van der Waals surface area contributed by atoms with Crippen LogP contribution in [0.1, 0.15) is 30.0 Å². The molecule has 3 rings (SSSR count). The van der Waals surface area contributed by atoms with Crippen molar-refractivity contribution in [2.75, 3.05) is 25.4 Å². The number of nitrogens with two attached hydrogens (primary N) is 1. The summed E-state index contributed by atoms with van der Waals surface area (Å²) in [6.07, 6.45) is 2.12. The van der Waals surface area contributed by atoms with Crippen LogP contribution < -0.4 is 5.73 Å². The van der Waals surface area contributed by atoms with E-state index in [1.54, 1.807) is 25.3 Å². The van der Waals surface area contributed by atoms with Crippen LogP contribution in [0.15, 0.2) is 29.3 Å². The van der Waals surface area contributed by atoms with Gasteiger partial charge in [0.15, 0.2) is 0 Å². The molecule has 2 aromatic rings. The van der Waals surface area contributed by atoms with Crippen molar-refractivity contribution in [1.29, 1.82) is 0 Å². The molecule has 1 aromatic heterocycles. The van der Waals surface area contributed by atoms with Gasteiger partial charge >= 0.3 is 0 Å². The zero-order chi connectivity index (χ0) is 22.1. The number of pyridine rings is 1. The number of benzene rings is 1. The fourth-order valence-electron chi connectivity index (χ4n) is 3.61. The molecule has 9 heteroatoms. The number of rotatable bonds is 6. The van der Waals surface area contributed by atoms with E-state index in [4.69, 9.17) is 5.73 Å². The molecule has 0 saturated carbocycles. The Hall–Kier alpha value is -2.60. The lowest BCUT2D eigenvalue weighted by Crippen LogP contribution is -2.24. The number of amides is 1. The predicted molar refractivity (Wildman–Crippen MR) is 117 cm³/mol. The van der Waals surface area contributed by atoms with Crippen molar-refractivity contribution in [2.45, 2.75) is 25.9 Å². The average molecular weight is 434 g/mol. The molecule has 30 heavy (non-hydrogen) atoms. The van der Waals surface area contributed by atoms with Crippen molar-refractivity contribution in [3.63, 3.8) is 0 Å². The highest BCUT2D eigenvalue weighted by molar-refractivity contribution is 7.17. The Balaban J connectivity index is 1.77. The summed E-state index contributed by atoms with van der Waals surface area (Å²) in [6.45, 7) is 5.53. The highest BCUT2D eigenvalue weighted by atomic mass is 31.0. The number of halogens is 2. The summed E-state index contributed by atoms with van der Waals surface area (Å²) in [4.78, 5) is 22.3. The Morgan fingerprint density at radius 2 is 2.17 bits per heavy atom. The molecule has 2 unspecified atom stereocenters. The number of hydrogen-bond donors (Lipinski definition) is 2. The third-order valence-electron chi connectivity index (χ3n) is 5.18.